The molecular weight excluding hydrogens is 228 g/mol. The van der Waals surface area contributed by atoms with Gasteiger partial charge in [-0.3, -0.25) is 0 Å². The van der Waals surface area contributed by atoms with Crippen molar-refractivity contribution in [1.29, 1.82) is 0 Å². The Balaban J connectivity index is 1.76. The van der Waals surface area contributed by atoms with E-state index in [0.29, 0.717) is 12.7 Å². The molecule has 2 aliphatic rings. The number of benzene rings is 1. The first-order chi connectivity index (χ1) is 8.90. The van der Waals surface area contributed by atoms with Gasteiger partial charge in [-0.1, -0.05) is 0 Å². The highest BCUT2D eigenvalue weighted by molar-refractivity contribution is 5.66. The lowest BCUT2D eigenvalue weighted by molar-refractivity contribution is 0.290. The van der Waals surface area contributed by atoms with E-state index < -0.39 is 0 Å². The molecule has 0 unspecified atom stereocenters. The summed E-state index contributed by atoms with van der Waals surface area (Å²) in [5.74, 6) is 2.75. The zero-order valence-electron chi connectivity index (χ0n) is 10.0. The molecule has 2 heterocycles. The zero-order valence-corrected chi connectivity index (χ0v) is 10.0. The third kappa shape index (κ3) is 1.65. The van der Waals surface area contributed by atoms with E-state index in [2.05, 4.69) is 9.55 Å². The Bertz CT molecular complexity index is 587. The maximum Gasteiger partial charge on any atom is 0.143 e. The van der Waals surface area contributed by atoms with Gasteiger partial charge in [0.1, 0.15) is 23.9 Å². The second-order valence-electron chi connectivity index (χ2n) is 4.77. The highest BCUT2D eigenvalue weighted by atomic mass is 16.5. The Morgan fingerprint density at radius 3 is 3.17 bits per heavy atom. The Morgan fingerprint density at radius 1 is 1.33 bits per heavy atom. The fourth-order valence-corrected chi connectivity index (χ4v) is 2.25. The summed E-state index contributed by atoms with van der Waals surface area (Å²) in [6, 6.07) is 6.03. The van der Waals surface area contributed by atoms with Crippen LogP contribution in [0.4, 0.5) is 0 Å². The van der Waals surface area contributed by atoms with E-state index in [1.807, 2.05) is 30.6 Å². The molecule has 0 radical (unpaired) electrons. The van der Waals surface area contributed by atoms with E-state index >= 15 is 0 Å². The summed E-state index contributed by atoms with van der Waals surface area (Å²) in [4.78, 5) is 4.40. The molecule has 4 rings (SSSR count). The number of fused-ring (bicyclic) bond motifs is 3. The summed E-state index contributed by atoms with van der Waals surface area (Å²) < 4.78 is 13.7. The predicted molar refractivity (Wildman–Crippen MR) is 66.8 cm³/mol. The Hall–Kier alpha value is -1.97. The van der Waals surface area contributed by atoms with Crippen molar-refractivity contribution in [2.24, 2.45) is 0 Å². The van der Waals surface area contributed by atoms with E-state index in [4.69, 9.17) is 9.47 Å². The van der Waals surface area contributed by atoms with E-state index in [9.17, 15) is 0 Å². The van der Waals surface area contributed by atoms with Crippen molar-refractivity contribution in [3.63, 3.8) is 0 Å². The van der Waals surface area contributed by atoms with Crippen LogP contribution in [0.1, 0.15) is 12.8 Å². The third-order valence-corrected chi connectivity index (χ3v) is 3.33. The lowest BCUT2D eigenvalue weighted by atomic mass is 10.2. The first-order valence-corrected chi connectivity index (χ1v) is 6.35. The predicted octanol–water partition coefficient (Wildman–Crippen LogP) is 2.48. The number of hydrogen-bond donors (Lipinski definition) is 0. The van der Waals surface area contributed by atoms with Gasteiger partial charge in [0.15, 0.2) is 0 Å². The van der Waals surface area contributed by atoms with Crippen LogP contribution in [-0.2, 0) is 6.54 Å². The fourth-order valence-electron chi connectivity index (χ4n) is 2.25. The van der Waals surface area contributed by atoms with Crippen LogP contribution in [0.3, 0.4) is 0 Å². The minimum Gasteiger partial charge on any atom is -0.491 e. The standard InChI is InChI=1S/C14H14N2O2/c1-2-10(1)18-11-3-4-12-13(9-11)17-8-7-16-6-5-15-14(12)16/h3-6,9-10H,1-2,7-8H2. The van der Waals surface area contributed by atoms with Crippen molar-refractivity contribution in [3.05, 3.63) is 30.6 Å². The van der Waals surface area contributed by atoms with Crippen LogP contribution in [0.15, 0.2) is 30.6 Å². The van der Waals surface area contributed by atoms with Crippen LogP contribution >= 0.6 is 0 Å². The molecule has 1 aliphatic heterocycles. The van der Waals surface area contributed by atoms with Gasteiger partial charge in [-0.25, -0.2) is 4.98 Å². The number of imidazole rings is 1. The molecule has 4 heteroatoms. The molecule has 0 atom stereocenters. The molecule has 0 amide bonds. The van der Waals surface area contributed by atoms with Crippen molar-refractivity contribution in [3.8, 4) is 22.9 Å². The Labute approximate surface area is 105 Å². The van der Waals surface area contributed by atoms with Crippen molar-refractivity contribution >= 4 is 0 Å². The average Bonchev–Trinajstić information content (AvgIpc) is 3.10. The van der Waals surface area contributed by atoms with Crippen molar-refractivity contribution in [2.45, 2.75) is 25.5 Å². The Kier molecular flexibility index (Phi) is 2.09. The number of ether oxygens (including phenoxy) is 2. The lowest BCUT2D eigenvalue weighted by Crippen LogP contribution is -2.04. The molecule has 1 aromatic carbocycles. The molecule has 0 saturated heterocycles. The quantitative estimate of drug-likeness (QED) is 0.811. The summed E-state index contributed by atoms with van der Waals surface area (Å²) in [7, 11) is 0. The Morgan fingerprint density at radius 2 is 2.28 bits per heavy atom. The lowest BCUT2D eigenvalue weighted by Gasteiger charge is -2.09. The van der Waals surface area contributed by atoms with E-state index in [1.54, 1.807) is 0 Å². The van der Waals surface area contributed by atoms with E-state index in [-0.39, 0.29) is 0 Å². The van der Waals surface area contributed by atoms with E-state index in [1.165, 1.54) is 12.8 Å². The third-order valence-electron chi connectivity index (χ3n) is 3.33. The summed E-state index contributed by atoms with van der Waals surface area (Å²) in [6.45, 7) is 1.51. The molecule has 92 valence electrons. The molecule has 4 nitrogen and oxygen atoms in total. The monoisotopic (exact) mass is 242 g/mol. The van der Waals surface area contributed by atoms with Crippen molar-refractivity contribution < 1.29 is 9.47 Å². The molecule has 1 aromatic heterocycles. The zero-order chi connectivity index (χ0) is 11.9. The van der Waals surface area contributed by atoms with Crippen molar-refractivity contribution in [1.82, 2.24) is 9.55 Å². The van der Waals surface area contributed by atoms with Gasteiger partial charge in [-0.15, -0.1) is 0 Å². The van der Waals surface area contributed by atoms with Crippen LogP contribution in [0.2, 0.25) is 0 Å². The first-order valence-electron chi connectivity index (χ1n) is 6.35. The summed E-state index contributed by atoms with van der Waals surface area (Å²) in [5, 5.41) is 0. The van der Waals surface area contributed by atoms with Crippen LogP contribution in [0.5, 0.6) is 11.5 Å². The molecule has 1 saturated carbocycles. The SMILES string of the molecule is c1cn2c(n1)-c1ccc(OC3CC3)cc1OCC2. The number of nitrogens with zero attached hydrogens (tertiary/aromatic N) is 2. The van der Waals surface area contributed by atoms with Gasteiger partial charge in [0, 0.05) is 18.5 Å². The van der Waals surface area contributed by atoms with Crippen LogP contribution in [-0.4, -0.2) is 22.3 Å². The van der Waals surface area contributed by atoms with Gasteiger partial charge < -0.3 is 14.0 Å². The normalized spacial score (nSPS) is 17.3. The topological polar surface area (TPSA) is 36.3 Å². The van der Waals surface area contributed by atoms with Gasteiger partial charge in [-0.2, -0.15) is 0 Å². The van der Waals surface area contributed by atoms with Gasteiger partial charge in [0.25, 0.3) is 0 Å². The highest BCUT2D eigenvalue weighted by Crippen LogP contribution is 2.36. The number of aromatic nitrogens is 2. The van der Waals surface area contributed by atoms with Gasteiger partial charge in [0.2, 0.25) is 0 Å². The first kappa shape index (κ1) is 10.00. The molecule has 2 aromatic rings. The maximum absolute atomic E-state index is 5.79. The molecule has 1 fully saturated rings. The minimum absolute atomic E-state index is 0.413. The summed E-state index contributed by atoms with van der Waals surface area (Å²) in [5.41, 5.74) is 1.04. The smallest absolute Gasteiger partial charge is 0.143 e. The second kappa shape index (κ2) is 3.77. The second-order valence-corrected chi connectivity index (χ2v) is 4.77. The molecular formula is C14H14N2O2. The van der Waals surface area contributed by atoms with Crippen LogP contribution in [0, 0.1) is 0 Å². The summed E-state index contributed by atoms with van der Waals surface area (Å²) >= 11 is 0. The highest BCUT2D eigenvalue weighted by Gasteiger charge is 2.24. The molecule has 0 spiro atoms. The van der Waals surface area contributed by atoms with Gasteiger partial charge in [0.05, 0.1) is 18.2 Å². The van der Waals surface area contributed by atoms with Gasteiger partial charge >= 0.3 is 0 Å². The maximum atomic E-state index is 5.79. The molecule has 18 heavy (non-hydrogen) atoms. The fraction of sp³-hybridized carbons (Fsp3) is 0.357. The minimum atomic E-state index is 0.413. The van der Waals surface area contributed by atoms with Crippen molar-refractivity contribution in [2.75, 3.05) is 6.61 Å². The molecule has 0 N–H and O–H groups in total. The summed E-state index contributed by atoms with van der Waals surface area (Å²) in [6.07, 6.45) is 6.57. The van der Waals surface area contributed by atoms with Crippen LogP contribution in [0.25, 0.3) is 11.4 Å². The molecule has 1 aliphatic carbocycles. The number of rotatable bonds is 2. The van der Waals surface area contributed by atoms with Gasteiger partial charge in [-0.05, 0) is 25.0 Å². The number of hydrogen-bond acceptors (Lipinski definition) is 3. The van der Waals surface area contributed by atoms with Crippen LogP contribution < -0.4 is 9.47 Å². The van der Waals surface area contributed by atoms with E-state index in [0.717, 1.165) is 29.4 Å². The largest absolute Gasteiger partial charge is 0.491 e. The average molecular weight is 242 g/mol. The molecule has 0 bridgehead atoms.